The van der Waals surface area contributed by atoms with Crippen molar-refractivity contribution in [1.29, 1.82) is 0 Å². The Morgan fingerprint density at radius 1 is 1.22 bits per heavy atom. The van der Waals surface area contributed by atoms with E-state index in [1.165, 1.54) is 11.1 Å². The van der Waals surface area contributed by atoms with Crippen LogP contribution in [0.5, 0.6) is 0 Å². The van der Waals surface area contributed by atoms with Crippen molar-refractivity contribution < 1.29 is 9.59 Å². The van der Waals surface area contributed by atoms with Gasteiger partial charge in [0.05, 0.1) is 0 Å². The molecule has 96 valence electrons. The van der Waals surface area contributed by atoms with Crippen LogP contribution in [0.25, 0.3) is 0 Å². The van der Waals surface area contributed by atoms with Crippen molar-refractivity contribution in [2.75, 3.05) is 0 Å². The van der Waals surface area contributed by atoms with E-state index in [4.69, 9.17) is 0 Å². The molecule has 0 bridgehead atoms. The molecule has 0 saturated heterocycles. The van der Waals surface area contributed by atoms with Gasteiger partial charge in [0, 0.05) is 11.8 Å². The van der Waals surface area contributed by atoms with Crippen LogP contribution in [0, 0.1) is 11.8 Å². The third-order valence-electron chi connectivity index (χ3n) is 3.96. The molecule has 1 aromatic carbocycles. The Morgan fingerprint density at radius 2 is 1.83 bits per heavy atom. The lowest BCUT2D eigenvalue weighted by molar-refractivity contribution is -0.120. The first kappa shape index (κ1) is 13.0. The Labute approximate surface area is 108 Å². The summed E-state index contributed by atoms with van der Waals surface area (Å²) in [4.78, 5) is 22.5. The zero-order valence-electron chi connectivity index (χ0n) is 11.3. The summed E-state index contributed by atoms with van der Waals surface area (Å²) < 4.78 is 0. The number of carbonyl (C=O) groups excluding carboxylic acids is 2. The van der Waals surface area contributed by atoms with Gasteiger partial charge < -0.3 is 0 Å². The lowest BCUT2D eigenvalue weighted by Crippen LogP contribution is -2.09. The van der Waals surface area contributed by atoms with E-state index in [-0.39, 0.29) is 17.6 Å². The number of rotatable bonds is 5. The molecule has 0 amide bonds. The topological polar surface area (TPSA) is 34.1 Å². The second-order valence-corrected chi connectivity index (χ2v) is 5.52. The zero-order valence-corrected chi connectivity index (χ0v) is 11.3. The maximum atomic E-state index is 11.2. The van der Waals surface area contributed by atoms with Crippen LogP contribution in [-0.2, 0) is 16.0 Å². The number of carbonyl (C=O) groups is 2. The van der Waals surface area contributed by atoms with E-state index in [2.05, 4.69) is 24.3 Å². The predicted octanol–water partition coefficient (Wildman–Crippen LogP) is 3.15. The first-order valence-corrected chi connectivity index (χ1v) is 6.58. The number of Topliss-reactive ketones (excluding diaryl/α,β-unsaturated/α-hetero) is 2. The SMILES string of the molecule is CC(=O)C1CC1c1ccc(C[C@H](C)C(C)=O)cc1. The van der Waals surface area contributed by atoms with Crippen molar-refractivity contribution in [1.82, 2.24) is 0 Å². The molecular weight excluding hydrogens is 224 g/mol. The van der Waals surface area contributed by atoms with Crippen LogP contribution in [0.1, 0.15) is 44.2 Å². The fraction of sp³-hybridized carbons (Fsp3) is 0.500. The van der Waals surface area contributed by atoms with Gasteiger partial charge in [-0.1, -0.05) is 31.2 Å². The predicted molar refractivity (Wildman–Crippen MR) is 71.5 cm³/mol. The molecule has 0 N–H and O–H groups in total. The third-order valence-corrected chi connectivity index (χ3v) is 3.96. The van der Waals surface area contributed by atoms with Crippen LogP contribution in [0.3, 0.4) is 0 Å². The molecular formula is C16H20O2. The molecule has 18 heavy (non-hydrogen) atoms. The van der Waals surface area contributed by atoms with Crippen LogP contribution in [0.2, 0.25) is 0 Å². The Bertz CT molecular complexity index is 458. The lowest BCUT2D eigenvalue weighted by Gasteiger charge is -2.08. The van der Waals surface area contributed by atoms with Crippen molar-refractivity contribution in [2.24, 2.45) is 11.8 Å². The molecule has 1 aromatic rings. The molecule has 2 nitrogen and oxygen atoms in total. The Morgan fingerprint density at radius 3 is 2.28 bits per heavy atom. The van der Waals surface area contributed by atoms with E-state index in [0.29, 0.717) is 11.7 Å². The van der Waals surface area contributed by atoms with E-state index >= 15 is 0 Å². The van der Waals surface area contributed by atoms with Gasteiger partial charge in [0.15, 0.2) is 0 Å². The highest BCUT2D eigenvalue weighted by Gasteiger charge is 2.41. The summed E-state index contributed by atoms with van der Waals surface area (Å²) in [6.45, 7) is 5.27. The number of benzene rings is 1. The second-order valence-electron chi connectivity index (χ2n) is 5.52. The fourth-order valence-electron chi connectivity index (χ4n) is 2.41. The fourth-order valence-corrected chi connectivity index (χ4v) is 2.41. The molecule has 2 rings (SSSR count). The summed E-state index contributed by atoms with van der Waals surface area (Å²) in [6, 6.07) is 8.39. The van der Waals surface area contributed by atoms with Crippen LogP contribution in [0.4, 0.5) is 0 Å². The quantitative estimate of drug-likeness (QED) is 0.797. The van der Waals surface area contributed by atoms with Crippen LogP contribution >= 0.6 is 0 Å². The summed E-state index contributed by atoms with van der Waals surface area (Å²) in [5, 5.41) is 0. The first-order chi connectivity index (χ1) is 8.49. The minimum Gasteiger partial charge on any atom is -0.300 e. The molecule has 1 aliphatic rings. The van der Waals surface area contributed by atoms with Crippen molar-refractivity contribution >= 4 is 11.6 Å². The molecule has 0 spiro atoms. The van der Waals surface area contributed by atoms with Gasteiger partial charge in [0.2, 0.25) is 0 Å². The second kappa shape index (κ2) is 5.05. The first-order valence-electron chi connectivity index (χ1n) is 6.58. The van der Waals surface area contributed by atoms with Gasteiger partial charge in [-0.2, -0.15) is 0 Å². The highest BCUT2D eigenvalue weighted by molar-refractivity contribution is 5.82. The molecule has 0 aliphatic heterocycles. The van der Waals surface area contributed by atoms with Gasteiger partial charge in [0.1, 0.15) is 11.6 Å². The van der Waals surface area contributed by atoms with Crippen molar-refractivity contribution in [2.45, 2.75) is 39.5 Å². The largest absolute Gasteiger partial charge is 0.300 e. The molecule has 0 aromatic heterocycles. The summed E-state index contributed by atoms with van der Waals surface area (Å²) in [7, 11) is 0. The molecule has 0 heterocycles. The lowest BCUT2D eigenvalue weighted by atomic mass is 9.96. The van der Waals surface area contributed by atoms with E-state index in [9.17, 15) is 9.59 Å². The highest BCUT2D eigenvalue weighted by atomic mass is 16.1. The van der Waals surface area contributed by atoms with Crippen molar-refractivity contribution in [3.8, 4) is 0 Å². The standard InChI is InChI=1S/C16H20O2/c1-10(11(2)17)8-13-4-6-14(7-5-13)16-9-15(16)12(3)18/h4-7,10,15-16H,8-9H2,1-3H3/t10-,15?,16?/m0/s1. The maximum Gasteiger partial charge on any atom is 0.133 e. The van der Waals surface area contributed by atoms with Crippen LogP contribution in [-0.4, -0.2) is 11.6 Å². The van der Waals surface area contributed by atoms with Gasteiger partial charge in [-0.05, 0) is 43.7 Å². The van der Waals surface area contributed by atoms with Gasteiger partial charge >= 0.3 is 0 Å². The normalized spacial score (nSPS) is 23.5. The van der Waals surface area contributed by atoms with Gasteiger partial charge in [-0.3, -0.25) is 9.59 Å². The number of hydrogen-bond acceptors (Lipinski definition) is 2. The molecule has 1 aliphatic carbocycles. The maximum absolute atomic E-state index is 11.2. The summed E-state index contributed by atoms with van der Waals surface area (Å²) in [6.07, 6.45) is 1.80. The highest BCUT2D eigenvalue weighted by Crippen LogP contribution is 2.47. The Kier molecular flexibility index (Phi) is 3.65. The summed E-state index contributed by atoms with van der Waals surface area (Å²) >= 11 is 0. The average Bonchev–Trinajstić information content (AvgIpc) is 3.10. The van der Waals surface area contributed by atoms with Gasteiger partial charge in [-0.15, -0.1) is 0 Å². The van der Waals surface area contributed by atoms with Gasteiger partial charge in [0.25, 0.3) is 0 Å². The third kappa shape index (κ3) is 2.87. The van der Waals surface area contributed by atoms with Gasteiger partial charge in [-0.25, -0.2) is 0 Å². The number of hydrogen-bond donors (Lipinski definition) is 0. The smallest absolute Gasteiger partial charge is 0.133 e. The molecule has 3 atom stereocenters. The van der Waals surface area contributed by atoms with E-state index in [0.717, 1.165) is 12.8 Å². The monoisotopic (exact) mass is 244 g/mol. The minimum absolute atomic E-state index is 0.0849. The molecule has 0 radical (unpaired) electrons. The van der Waals surface area contributed by atoms with Crippen molar-refractivity contribution in [3.63, 3.8) is 0 Å². The van der Waals surface area contributed by atoms with Crippen LogP contribution < -0.4 is 0 Å². The van der Waals surface area contributed by atoms with E-state index in [1.54, 1.807) is 13.8 Å². The van der Waals surface area contributed by atoms with E-state index < -0.39 is 0 Å². The number of ketones is 2. The average molecular weight is 244 g/mol. The van der Waals surface area contributed by atoms with E-state index in [1.807, 2.05) is 6.92 Å². The molecule has 2 heteroatoms. The molecule has 1 saturated carbocycles. The van der Waals surface area contributed by atoms with Crippen molar-refractivity contribution in [3.05, 3.63) is 35.4 Å². The summed E-state index contributed by atoms with van der Waals surface area (Å²) in [5.41, 5.74) is 2.45. The molecule has 2 unspecified atom stereocenters. The molecule has 1 fully saturated rings. The Hall–Kier alpha value is -1.44. The Balaban J connectivity index is 1.99. The summed E-state index contributed by atoms with van der Waals surface area (Å²) in [5.74, 6) is 1.29. The zero-order chi connectivity index (χ0) is 13.3. The van der Waals surface area contributed by atoms with Crippen LogP contribution in [0.15, 0.2) is 24.3 Å². The minimum atomic E-state index is 0.0849.